The van der Waals surface area contributed by atoms with Crippen LogP contribution in [0.3, 0.4) is 0 Å². The minimum absolute atomic E-state index is 0.0260. The molecule has 0 saturated carbocycles. The molecule has 0 aromatic heterocycles. The molecule has 0 fully saturated rings. The van der Waals surface area contributed by atoms with Crippen LogP contribution >= 0.6 is 0 Å². The van der Waals surface area contributed by atoms with Gasteiger partial charge in [-0.1, -0.05) is 0 Å². The largest absolute Gasteiger partial charge is 0.508 e. The van der Waals surface area contributed by atoms with Crippen molar-refractivity contribution in [3.63, 3.8) is 0 Å². The first-order valence-corrected chi connectivity index (χ1v) is 3.34. The van der Waals surface area contributed by atoms with E-state index in [1.54, 1.807) is 0 Å². The SMILES string of the molecule is O=CC=Cc1cc(O)ccc1F. The molecular weight excluding hydrogens is 159 g/mol. The quantitative estimate of drug-likeness (QED) is 0.536. The molecule has 0 heterocycles. The van der Waals surface area contributed by atoms with Gasteiger partial charge in [0.15, 0.2) is 0 Å². The molecule has 0 amide bonds. The molecule has 3 heteroatoms. The fourth-order valence-corrected chi connectivity index (χ4v) is 0.802. The summed E-state index contributed by atoms with van der Waals surface area (Å²) in [4.78, 5) is 9.90. The van der Waals surface area contributed by atoms with E-state index >= 15 is 0 Å². The zero-order valence-corrected chi connectivity index (χ0v) is 6.20. The van der Waals surface area contributed by atoms with Crippen molar-refractivity contribution in [2.24, 2.45) is 0 Å². The number of phenols is 1. The van der Waals surface area contributed by atoms with Crippen molar-refractivity contribution in [1.29, 1.82) is 0 Å². The minimum Gasteiger partial charge on any atom is -0.508 e. The number of allylic oxidation sites excluding steroid dienone is 1. The van der Waals surface area contributed by atoms with Gasteiger partial charge in [-0.3, -0.25) is 4.79 Å². The van der Waals surface area contributed by atoms with Crippen LogP contribution in [0.15, 0.2) is 24.3 Å². The third kappa shape index (κ3) is 1.92. The van der Waals surface area contributed by atoms with E-state index in [4.69, 9.17) is 5.11 Å². The second-order valence-corrected chi connectivity index (χ2v) is 2.20. The summed E-state index contributed by atoms with van der Waals surface area (Å²) in [7, 11) is 0. The zero-order valence-electron chi connectivity index (χ0n) is 6.20. The first kappa shape index (κ1) is 8.46. The van der Waals surface area contributed by atoms with Gasteiger partial charge in [0.25, 0.3) is 0 Å². The Balaban J connectivity index is 3.04. The maximum Gasteiger partial charge on any atom is 0.142 e. The molecule has 62 valence electrons. The van der Waals surface area contributed by atoms with Gasteiger partial charge in [0.05, 0.1) is 0 Å². The van der Waals surface area contributed by atoms with Crippen molar-refractivity contribution in [3.05, 3.63) is 35.7 Å². The highest BCUT2D eigenvalue weighted by Gasteiger charge is 1.98. The number of phenolic OH excluding ortho intramolecular Hbond substituents is 1. The van der Waals surface area contributed by atoms with Crippen molar-refractivity contribution in [2.45, 2.75) is 0 Å². The van der Waals surface area contributed by atoms with E-state index in [2.05, 4.69) is 0 Å². The number of hydrogen-bond donors (Lipinski definition) is 1. The van der Waals surface area contributed by atoms with Crippen LogP contribution in [0, 0.1) is 5.82 Å². The fraction of sp³-hybridized carbons (Fsp3) is 0. The predicted molar refractivity (Wildman–Crippen MR) is 43.2 cm³/mol. The first-order valence-electron chi connectivity index (χ1n) is 3.34. The van der Waals surface area contributed by atoms with Gasteiger partial charge in [-0.15, -0.1) is 0 Å². The lowest BCUT2D eigenvalue weighted by Gasteiger charge is -1.96. The molecule has 1 N–H and O–H groups in total. The summed E-state index contributed by atoms with van der Waals surface area (Å²) in [5.41, 5.74) is 0.196. The van der Waals surface area contributed by atoms with Crippen LogP contribution in [-0.2, 0) is 4.79 Å². The number of benzene rings is 1. The molecular formula is C9H7FO2. The highest BCUT2D eigenvalue weighted by molar-refractivity contribution is 5.74. The van der Waals surface area contributed by atoms with Crippen LogP contribution in [0.5, 0.6) is 5.75 Å². The second-order valence-electron chi connectivity index (χ2n) is 2.20. The summed E-state index contributed by atoms with van der Waals surface area (Å²) in [5, 5.41) is 8.95. The van der Waals surface area contributed by atoms with Gasteiger partial charge in [-0.2, -0.15) is 0 Å². The van der Waals surface area contributed by atoms with Gasteiger partial charge in [0, 0.05) is 5.56 Å². The molecule has 0 bridgehead atoms. The van der Waals surface area contributed by atoms with Crippen LogP contribution in [0.25, 0.3) is 6.08 Å². The van der Waals surface area contributed by atoms with Gasteiger partial charge in [0.2, 0.25) is 0 Å². The lowest BCUT2D eigenvalue weighted by atomic mass is 10.2. The van der Waals surface area contributed by atoms with Crippen LogP contribution < -0.4 is 0 Å². The highest BCUT2D eigenvalue weighted by Crippen LogP contribution is 2.16. The normalized spacial score (nSPS) is 10.4. The van der Waals surface area contributed by atoms with E-state index in [0.717, 1.165) is 12.1 Å². The van der Waals surface area contributed by atoms with Gasteiger partial charge < -0.3 is 5.11 Å². The Morgan fingerprint density at radius 2 is 2.17 bits per heavy atom. The molecule has 1 rings (SSSR count). The molecule has 1 aromatic rings. The van der Waals surface area contributed by atoms with Crippen molar-refractivity contribution >= 4 is 12.4 Å². The van der Waals surface area contributed by atoms with Crippen LogP contribution in [0.2, 0.25) is 0 Å². The molecule has 0 atom stereocenters. The lowest BCUT2D eigenvalue weighted by Crippen LogP contribution is -1.80. The number of carbonyl (C=O) groups is 1. The summed E-state index contributed by atoms with van der Waals surface area (Å²) in [5.74, 6) is -0.493. The van der Waals surface area contributed by atoms with Crippen molar-refractivity contribution in [3.8, 4) is 5.75 Å². The van der Waals surface area contributed by atoms with Crippen LogP contribution in [-0.4, -0.2) is 11.4 Å². The zero-order chi connectivity index (χ0) is 8.97. The van der Waals surface area contributed by atoms with Gasteiger partial charge in [0.1, 0.15) is 17.9 Å². The minimum atomic E-state index is -0.467. The molecule has 0 aliphatic heterocycles. The number of aromatic hydroxyl groups is 1. The highest BCUT2D eigenvalue weighted by atomic mass is 19.1. The van der Waals surface area contributed by atoms with Crippen molar-refractivity contribution in [2.75, 3.05) is 0 Å². The number of aldehydes is 1. The predicted octanol–water partition coefficient (Wildman–Crippen LogP) is 1.74. The van der Waals surface area contributed by atoms with E-state index in [1.807, 2.05) is 0 Å². The summed E-state index contributed by atoms with van der Waals surface area (Å²) in [6.45, 7) is 0. The monoisotopic (exact) mass is 166 g/mol. The average Bonchev–Trinajstić information content (AvgIpc) is 2.07. The van der Waals surface area contributed by atoms with E-state index in [0.29, 0.717) is 6.29 Å². The number of hydrogen-bond acceptors (Lipinski definition) is 2. The summed E-state index contributed by atoms with van der Waals surface area (Å²) in [6.07, 6.45) is 3.00. The molecule has 0 spiro atoms. The van der Waals surface area contributed by atoms with Crippen molar-refractivity contribution < 1.29 is 14.3 Å². The van der Waals surface area contributed by atoms with Gasteiger partial charge >= 0.3 is 0 Å². The summed E-state index contributed by atoms with van der Waals surface area (Å²) >= 11 is 0. The summed E-state index contributed by atoms with van der Waals surface area (Å²) in [6, 6.07) is 3.63. The second kappa shape index (κ2) is 3.67. The Kier molecular flexibility index (Phi) is 2.58. The number of halogens is 1. The molecule has 0 aliphatic carbocycles. The van der Waals surface area contributed by atoms with Gasteiger partial charge in [-0.05, 0) is 30.4 Å². The van der Waals surface area contributed by atoms with E-state index in [1.165, 1.54) is 18.2 Å². The van der Waals surface area contributed by atoms with E-state index in [9.17, 15) is 9.18 Å². The Morgan fingerprint density at radius 3 is 2.83 bits per heavy atom. The maximum atomic E-state index is 12.8. The van der Waals surface area contributed by atoms with Gasteiger partial charge in [-0.25, -0.2) is 4.39 Å². The standard InChI is InChI=1S/C9H7FO2/c10-9-4-3-8(12)6-7(9)2-1-5-11/h1-6,12H. The van der Waals surface area contributed by atoms with E-state index < -0.39 is 5.82 Å². The fourth-order valence-electron chi connectivity index (χ4n) is 0.802. The Labute approximate surface area is 69.0 Å². The average molecular weight is 166 g/mol. The molecule has 0 aliphatic rings. The first-order chi connectivity index (χ1) is 5.74. The van der Waals surface area contributed by atoms with Crippen LogP contribution in [0.1, 0.15) is 5.56 Å². The Bertz CT molecular complexity index is 318. The Hall–Kier alpha value is -1.64. The number of rotatable bonds is 2. The smallest absolute Gasteiger partial charge is 0.142 e. The van der Waals surface area contributed by atoms with Crippen molar-refractivity contribution in [1.82, 2.24) is 0 Å². The third-order valence-corrected chi connectivity index (χ3v) is 1.33. The molecule has 1 aromatic carbocycles. The Morgan fingerprint density at radius 1 is 1.42 bits per heavy atom. The topological polar surface area (TPSA) is 37.3 Å². The molecule has 2 nitrogen and oxygen atoms in total. The summed E-state index contributed by atoms with van der Waals surface area (Å²) < 4.78 is 12.8. The van der Waals surface area contributed by atoms with E-state index in [-0.39, 0.29) is 11.3 Å². The molecule has 0 unspecified atom stereocenters. The lowest BCUT2D eigenvalue weighted by molar-refractivity contribution is -0.104. The van der Waals surface area contributed by atoms with Crippen LogP contribution in [0.4, 0.5) is 4.39 Å². The maximum absolute atomic E-state index is 12.8. The molecule has 0 saturated heterocycles. The third-order valence-electron chi connectivity index (χ3n) is 1.33. The number of carbonyl (C=O) groups excluding carboxylic acids is 1. The molecule has 0 radical (unpaired) electrons. The molecule has 12 heavy (non-hydrogen) atoms.